The summed E-state index contributed by atoms with van der Waals surface area (Å²) in [6, 6.07) is 30.4. The highest BCUT2D eigenvalue weighted by Crippen LogP contribution is 2.51. The second-order valence-electron chi connectivity index (χ2n) is 10.2. The number of aryl methyl sites for hydroxylation is 1. The third-order valence-electron chi connectivity index (χ3n) is 7.61. The molecule has 39 heavy (non-hydrogen) atoms. The molecule has 0 N–H and O–H groups in total. The molecule has 1 aliphatic heterocycles. The van der Waals surface area contributed by atoms with Crippen LogP contribution in [0.25, 0.3) is 37.4 Å². The fourth-order valence-corrected chi connectivity index (χ4v) is 9.36. The molecule has 0 fully saturated rings. The van der Waals surface area contributed by atoms with Crippen LogP contribution in [-0.4, -0.2) is 13.7 Å². The highest BCUT2D eigenvalue weighted by Gasteiger charge is 2.45. The molecule has 0 saturated carbocycles. The summed E-state index contributed by atoms with van der Waals surface area (Å²) in [5.74, 6) is 0.404. The van der Waals surface area contributed by atoms with Gasteiger partial charge in [-0.2, -0.15) is 0 Å². The fraction of sp³-hybridized carbons (Fsp3) is 0.235. The van der Waals surface area contributed by atoms with Crippen molar-refractivity contribution in [2.24, 2.45) is 0 Å². The van der Waals surface area contributed by atoms with E-state index in [4.69, 9.17) is 4.42 Å². The quantitative estimate of drug-likeness (QED) is 0.193. The summed E-state index contributed by atoms with van der Waals surface area (Å²) < 4.78 is 34.6. The van der Waals surface area contributed by atoms with Crippen LogP contribution >= 0.6 is 11.3 Å². The monoisotopic (exact) mass is 552 g/mol. The normalized spacial score (nSPS) is 18.5. The van der Waals surface area contributed by atoms with Crippen LogP contribution in [0.15, 0.2) is 101 Å². The molecular formula is C34H32O3S2. The number of hydrogen-bond donors (Lipinski definition) is 0. The predicted octanol–water partition coefficient (Wildman–Crippen LogP) is 9.50. The minimum Gasteiger partial charge on any atom is -0.460 e. The molecule has 3 aromatic carbocycles. The van der Waals surface area contributed by atoms with E-state index in [1.165, 1.54) is 15.3 Å². The number of para-hydroxylation sites is 1. The zero-order valence-corrected chi connectivity index (χ0v) is 23.9. The molecule has 0 radical (unpaired) electrons. The lowest BCUT2D eigenvalue weighted by molar-refractivity contribution is 0.499. The number of furan rings is 1. The first-order valence-corrected chi connectivity index (χ1v) is 16.1. The van der Waals surface area contributed by atoms with E-state index in [0.29, 0.717) is 11.3 Å². The van der Waals surface area contributed by atoms with E-state index >= 15 is 0 Å². The second-order valence-corrected chi connectivity index (χ2v) is 13.5. The number of rotatable bonds is 8. The van der Waals surface area contributed by atoms with E-state index in [2.05, 4.69) is 50.2 Å². The second kappa shape index (κ2) is 10.6. The maximum absolute atomic E-state index is 14.0. The Balaban J connectivity index is 1.60. The number of allylic oxidation sites excluding steroid dienone is 1. The van der Waals surface area contributed by atoms with E-state index in [1.54, 1.807) is 0 Å². The number of fused-ring (bicyclic) bond motifs is 1. The molecule has 0 aliphatic carbocycles. The molecule has 2 aromatic heterocycles. The van der Waals surface area contributed by atoms with E-state index < -0.39 is 15.1 Å². The lowest BCUT2D eigenvalue weighted by atomic mass is 9.90. The average Bonchev–Trinajstić information content (AvgIpc) is 3.62. The molecule has 5 heteroatoms. The summed E-state index contributed by atoms with van der Waals surface area (Å²) in [5.41, 5.74) is 4.94. The van der Waals surface area contributed by atoms with Crippen molar-refractivity contribution in [1.29, 1.82) is 0 Å². The minimum atomic E-state index is -3.53. The smallest absolute Gasteiger partial charge is 0.182 e. The van der Waals surface area contributed by atoms with Crippen molar-refractivity contribution < 1.29 is 12.8 Å². The van der Waals surface area contributed by atoms with Crippen LogP contribution in [0.3, 0.4) is 0 Å². The maximum atomic E-state index is 14.0. The van der Waals surface area contributed by atoms with Crippen molar-refractivity contribution in [3.63, 3.8) is 0 Å². The van der Waals surface area contributed by atoms with Gasteiger partial charge in [0.2, 0.25) is 0 Å². The molecule has 2 atom stereocenters. The zero-order chi connectivity index (χ0) is 27.0. The van der Waals surface area contributed by atoms with E-state index in [0.717, 1.165) is 52.7 Å². The van der Waals surface area contributed by atoms with E-state index in [1.807, 2.05) is 72.0 Å². The molecule has 198 valence electrons. The first-order chi connectivity index (χ1) is 19.0. The van der Waals surface area contributed by atoms with Crippen molar-refractivity contribution in [3.8, 4) is 21.6 Å². The summed E-state index contributed by atoms with van der Waals surface area (Å²) in [6.45, 7) is 4.26. The minimum absolute atomic E-state index is 0.359. The highest BCUT2D eigenvalue weighted by molar-refractivity contribution is 8.01. The van der Waals surface area contributed by atoms with Gasteiger partial charge in [-0.15, -0.1) is 11.3 Å². The summed E-state index contributed by atoms with van der Waals surface area (Å²) in [5, 5.41) is 0.482. The Bertz CT molecular complexity index is 1740. The topological polar surface area (TPSA) is 47.3 Å². The lowest BCUT2D eigenvalue weighted by Gasteiger charge is -2.18. The molecule has 0 spiro atoms. The van der Waals surface area contributed by atoms with Gasteiger partial charge in [0.05, 0.1) is 16.1 Å². The summed E-state index contributed by atoms with van der Waals surface area (Å²) in [6.07, 6.45) is 5.30. The average molecular weight is 553 g/mol. The number of hydrogen-bond acceptors (Lipinski definition) is 4. The molecule has 3 nitrogen and oxygen atoms in total. The number of benzene rings is 3. The van der Waals surface area contributed by atoms with Crippen LogP contribution in [0.2, 0.25) is 0 Å². The third kappa shape index (κ3) is 4.58. The number of sulfone groups is 1. The van der Waals surface area contributed by atoms with Gasteiger partial charge in [0, 0.05) is 26.3 Å². The Morgan fingerprint density at radius 1 is 0.821 bits per heavy atom. The standard InChI is InChI=1S/C34H32O3S2/c1-3-13-29-26(21-30(38-29)23-15-7-5-8-16-23)33-25-19-11-12-20-28(25)37-34(33)27-22-32(24-17-9-6-10-18-24)39(35,36)31(27)14-4-2/h5-12,15-22,27,31H,3-4,13-14H2,1-2H3. The molecule has 5 aromatic rings. The summed E-state index contributed by atoms with van der Waals surface area (Å²) in [4.78, 5) is 2.95. The van der Waals surface area contributed by atoms with Gasteiger partial charge in [-0.1, -0.05) is 112 Å². The molecule has 2 unspecified atom stereocenters. The van der Waals surface area contributed by atoms with Gasteiger partial charge in [-0.05, 0) is 36.1 Å². The predicted molar refractivity (Wildman–Crippen MR) is 164 cm³/mol. The van der Waals surface area contributed by atoms with Crippen LogP contribution in [0.5, 0.6) is 0 Å². The third-order valence-corrected chi connectivity index (χ3v) is 11.2. The first-order valence-electron chi connectivity index (χ1n) is 13.7. The maximum Gasteiger partial charge on any atom is 0.182 e. The Labute approximate surface area is 234 Å². The largest absolute Gasteiger partial charge is 0.460 e. The van der Waals surface area contributed by atoms with Gasteiger partial charge in [-0.25, -0.2) is 8.42 Å². The Morgan fingerprint density at radius 2 is 1.49 bits per heavy atom. The van der Waals surface area contributed by atoms with Crippen LogP contribution in [0, 0.1) is 0 Å². The van der Waals surface area contributed by atoms with Crippen LogP contribution in [-0.2, 0) is 16.3 Å². The van der Waals surface area contributed by atoms with Gasteiger partial charge in [0.15, 0.2) is 9.84 Å². The van der Waals surface area contributed by atoms with Gasteiger partial charge in [-0.3, -0.25) is 0 Å². The fourth-order valence-electron chi connectivity index (χ4n) is 5.82. The zero-order valence-electron chi connectivity index (χ0n) is 22.3. The van der Waals surface area contributed by atoms with Gasteiger partial charge >= 0.3 is 0 Å². The summed E-state index contributed by atoms with van der Waals surface area (Å²) in [7, 11) is -3.53. The highest BCUT2D eigenvalue weighted by atomic mass is 32.2. The van der Waals surface area contributed by atoms with Crippen LogP contribution in [0.4, 0.5) is 0 Å². The lowest BCUT2D eigenvalue weighted by Crippen LogP contribution is -2.22. The van der Waals surface area contributed by atoms with E-state index in [-0.39, 0.29) is 5.92 Å². The van der Waals surface area contributed by atoms with Crippen molar-refractivity contribution in [2.75, 3.05) is 0 Å². The molecular weight excluding hydrogens is 521 g/mol. The van der Waals surface area contributed by atoms with Gasteiger partial charge in [0.25, 0.3) is 0 Å². The molecule has 0 bridgehead atoms. The van der Waals surface area contributed by atoms with Crippen molar-refractivity contribution >= 4 is 37.0 Å². The Morgan fingerprint density at radius 3 is 2.18 bits per heavy atom. The first kappa shape index (κ1) is 25.8. The SMILES string of the molecule is CCCc1sc(-c2ccccc2)cc1-c1c(C2C=C(c3ccccc3)S(=O)(=O)C2CCC)oc2ccccc12. The van der Waals surface area contributed by atoms with Crippen molar-refractivity contribution in [3.05, 3.63) is 113 Å². The molecule has 3 heterocycles. The summed E-state index contributed by atoms with van der Waals surface area (Å²) >= 11 is 1.83. The van der Waals surface area contributed by atoms with E-state index in [9.17, 15) is 8.42 Å². The van der Waals surface area contributed by atoms with Gasteiger partial charge in [0.1, 0.15) is 11.3 Å². The molecule has 1 aliphatic rings. The van der Waals surface area contributed by atoms with Crippen molar-refractivity contribution in [1.82, 2.24) is 0 Å². The Hall–Kier alpha value is -3.41. The Kier molecular flexibility index (Phi) is 7.05. The van der Waals surface area contributed by atoms with Gasteiger partial charge < -0.3 is 4.42 Å². The van der Waals surface area contributed by atoms with Crippen LogP contribution in [0.1, 0.15) is 55.2 Å². The molecule has 0 saturated heterocycles. The molecule has 6 rings (SSSR count). The van der Waals surface area contributed by atoms with Crippen LogP contribution < -0.4 is 0 Å². The number of thiophene rings is 1. The molecule has 0 amide bonds. The van der Waals surface area contributed by atoms with Crippen molar-refractivity contribution in [2.45, 2.75) is 50.7 Å².